The number of nitrogens with one attached hydrogen (secondary N) is 1. The molecule has 0 saturated carbocycles. The van der Waals surface area contributed by atoms with Gasteiger partial charge in [-0.2, -0.15) is 0 Å². The second-order valence-corrected chi connectivity index (χ2v) is 11.4. The fourth-order valence-electron chi connectivity index (χ4n) is 3.40. The first-order valence-corrected chi connectivity index (χ1v) is 13.7. The average Bonchev–Trinajstić information content (AvgIpc) is 2.81. The van der Waals surface area contributed by atoms with Gasteiger partial charge in [0.05, 0.1) is 12.3 Å². The molecular weight excluding hydrogens is 496 g/mol. The van der Waals surface area contributed by atoms with Gasteiger partial charge >= 0.3 is 5.97 Å². The van der Waals surface area contributed by atoms with E-state index in [1.165, 1.54) is 12.1 Å². The van der Waals surface area contributed by atoms with Crippen LogP contribution in [0.2, 0.25) is 0 Å². The van der Waals surface area contributed by atoms with Crippen LogP contribution < -0.4 is 4.72 Å². The number of ether oxygens (including phenoxy) is 1. The minimum atomic E-state index is -4.20. The first-order chi connectivity index (χ1) is 17.3. The highest BCUT2D eigenvalue weighted by Gasteiger charge is 2.37. The number of esters is 1. The maximum Gasteiger partial charge on any atom is 0.327 e. The summed E-state index contributed by atoms with van der Waals surface area (Å²) in [5, 5.41) is -0.794. The Labute approximate surface area is 219 Å². The van der Waals surface area contributed by atoms with E-state index in [-0.39, 0.29) is 25.0 Å². The summed E-state index contributed by atoms with van der Waals surface area (Å²) in [4.78, 5) is 43.4. The van der Waals surface area contributed by atoms with Crippen LogP contribution in [-0.2, 0) is 35.6 Å². The number of benzene rings is 2. The lowest BCUT2D eigenvalue weighted by atomic mass is 10.1. The molecule has 2 amide bonds. The van der Waals surface area contributed by atoms with Crippen LogP contribution in [0.15, 0.2) is 48.5 Å². The van der Waals surface area contributed by atoms with Gasteiger partial charge in [-0.3, -0.25) is 23.9 Å². The predicted octanol–water partition coefficient (Wildman–Crippen LogP) is 4.41. The van der Waals surface area contributed by atoms with Crippen molar-refractivity contribution in [2.75, 3.05) is 11.3 Å². The first kappa shape index (κ1) is 30.0. The van der Waals surface area contributed by atoms with Crippen molar-refractivity contribution in [2.24, 2.45) is 0 Å². The molecule has 1 atom stereocenters. The molecule has 0 radical (unpaired) electrons. The van der Waals surface area contributed by atoms with E-state index in [0.717, 1.165) is 5.06 Å². The number of hydrogen-bond donors (Lipinski definition) is 1. The number of anilines is 1. The summed E-state index contributed by atoms with van der Waals surface area (Å²) in [5.41, 5.74) is 0.859. The third kappa shape index (κ3) is 8.68. The van der Waals surface area contributed by atoms with Crippen molar-refractivity contribution in [3.63, 3.8) is 0 Å². The van der Waals surface area contributed by atoms with Crippen LogP contribution in [-0.4, -0.2) is 48.7 Å². The number of sulfonamides is 1. The van der Waals surface area contributed by atoms with Crippen molar-refractivity contribution < 1.29 is 32.4 Å². The van der Waals surface area contributed by atoms with Crippen molar-refractivity contribution >= 4 is 33.5 Å². The van der Waals surface area contributed by atoms with Gasteiger partial charge in [0.25, 0.3) is 11.8 Å². The highest BCUT2D eigenvalue weighted by atomic mass is 32.2. The predicted molar refractivity (Wildman–Crippen MR) is 141 cm³/mol. The number of nitrogens with zero attached hydrogens (tertiary/aromatic N) is 1. The fraction of sp³-hybridized carbons (Fsp3) is 0.444. The Hall–Kier alpha value is -3.24. The molecule has 2 aromatic carbocycles. The Morgan fingerprint density at radius 3 is 2.16 bits per heavy atom. The standard InChI is InChI=1S/C27H36N2O7S/c1-7-11-24(30)29(35-8-2)25(31)21-16-14-20(15-17-21)18-23(26(32)36-27(4,5)6)37(33,34)28-22-13-10-9-12-19(22)3/h9-10,12-17,23,28H,7-8,11,18H2,1-6H3/t23-/m0/s1. The van der Waals surface area contributed by atoms with Crippen molar-refractivity contribution in [2.45, 2.75) is 71.7 Å². The molecule has 0 spiro atoms. The van der Waals surface area contributed by atoms with E-state index >= 15 is 0 Å². The summed E-state index contributed by atoms with van der Waals surface area (Å²) in [6.45, 7) is 10.4. The largest absolute Gasteiger partial charge is 0.459 e. The van der Waals surface area contributed by atoms with E-state index < -0.39 is 38.7 Å². The van der Waals surface area contributed by atoms with Crippen LogP contribution in [0, 0.1) is 6.92 Å². The summed E-state index contributed by atoms with van der Waals surface area (Å²) in [7, 11) is -4.20. The smallest absolute Gasteiger partial charge is 0.327 e. The van der Waals surface area contributed by atoms with Crippen LogP contribution in [0.4, 0.5) is 5.69 Å². The Balaban J connectivity index is 2.33. The van der Waals surface area contributed by atoms with Gasteiger partial charge in [0, 0.05) is 18.4 Å². The van der Waals surface area contributed by atoms with Gasteiger partial charge in [-0.25, -0.2) is 8.42 Å². The molecule has 37 heavy (non-hydrogen) atoms. The SMILES string of the molecule is CCCC(=O)N(OCC)C(=O)c1ccc(C[C@@H](C(=O)OC(C)(C)C)S(=O)(=O)Nc2ccccc2C)cc1. The van der Waals surface area contributed by atoms with Crippen LogP contribution >= 0.6 is 0 Å². The first-order valence-electron chi connectivity index (χ1n) is 12.2. The highest BCUT2D eigenvalue weighted by Crippen LogP contribution is 2.22. The van der Waals surface area contributed by atoms with Crippen molar-refractivity contribution in [3.8, 4) is 0 Å². The highest BCUT2D eigenvalue weighted by molar-refractivity contribution is 7.94. The van der Waals surface area contributed by atoms with E-state index in [1.807, 2.05) is 6.92 Å². The Bertz CT molecular complexity index is 1200. The second-order valence-electron chi connectivity index (χ2n) is 9.55. The number of para-hydroxylation sites is 1. The maximum absolute atomic E-state index is 13.3. The Morgan fingerprint density at radius 1 is 1.00 bits per heavy atom. The molecule has 0 unspecified atom stereocenters. The zero-order valence-electron chi connectivity index (χ0n) is 22.2. The lowest BCUT2D eigenvalue weighted by Crippen LogP contribution is -2.41. The van der Waals surface area contributed by atoms with E-state index in [2.05, 4.69) is 4.72 Å². The number of amides is 2. The number of aryl methyl sites for hydroxylation is 1. The van der Waals surface area contributed by atoms with Crippen molar-refractivity contribution in [1.82, 2.24) is 5.06 Å². The molecule has 0 heterocycles. The monoisotopic (exact) mass is 532 g/mol. The minimum absolute atomic E-state index is 0.141. The molecule has 0 aromatic heterocycles. The fourth-order valence-corrected chi connectivity index (χ4v) is 4.79. The van der Waals surface area contributed by atoms with Crippen LogP contribution in [0.25, 0.3) is 0 Å². The zero-order valence-corrected chi connectivity index (χ0v) is 23.1. The van der Waals surface area contributed by atoms with Gasteiger partial charge in [0.15, 0.2) is 5.25 Å². The van der Waals surface area contributed by atoms with Crippen molar-refractivity contribution in [1.29, 1.82) is 0 Å². The molecule has 2 rings (SSSR count). The average molecular weight is 533 g/mol. The summed E-state index contributed by atoms with van der Waals surface area (Å²) < 4.78 is 34.6. The molecule has 2 aromatic rings. The molecular formula is C27H36N2O7S. The molecule has 202 valence electrons. The molecule has 0 aliphatic rings. The Morgan fingerprint density at radius 2 is 1.62 bits per heavy atom. The van der Waals surface area contributed by atoms with Crippen LogP contribution in [0.3, 0.4) is 0 Å². The normalized spacial score (nSPS) is 12.5. The molecule has 0 aliphatic carbocycles. The quantitative estimate of drug-likeness (QED) is 0.336. The molecule has 0 saturated heterocycles. The number of hydrogen-bond acceptors (Lipinski definition) is 7. The number of hydroxylamine groups is 2. The number of imide groups is 1. The third-order valence-corrected chi connectivity index (χ3v) is 6.81. The molecule has 0 fully saturated rings. The van der Waals surface area contributed by atoms with E-state index in [0.29, 0.717) is 23.2 Å². The number of rotatable bonds is 11. The minimum Gasteiger partial charge on any atom is -0.459 e. The van der Waals surface area contributed by atoms with E-state index in [4.69, 9.17) is 9.57 Å². The molecule has 0 bridgehead atoms. The topological polar surface area (TPSA) is 119 Å². The zero-order chi connectivity index (χ0) is 27.8. The number of carbonyl (C=O) groups excluding carboxylic acids is 3. The maximum atomic E-state index is 13.3. The molecule has 10 heteroatoms. The van der Waals surface area contributed by atoms with Crippen molar-refractivity contribution in [3.05, 3.63) is 65.2 Å². The summed E-state index contributed by atoms with van der Waals surface area (Å²) >= 11 is 0. The second kappa shape index (κ2) is 12.8. The molecule has 9 nitrogen and oxygen atoms in total. The van der Waals surface area contributed by atoms with Gasteiger partial charge in [0.2, 0.25) is 10.0 Å². The van der Waals surface area contributed by atoms with Gasteiger partial charge < -0.3 is 4.74 Å². The lowest BCUT2D eigenvalue weighted by molar-refractivity contribution is -0.168. The van der Waals surface area contributed by atoms with Crippen LogP contribution in [0.1, 0.15) is 68.9 Å². The van der Waals surface area contributed by atoms with Crippen LogP contribution in [0.5, 0.6) is 0 Å². The van der Waals surface area contributed by atoms with E-state index in [1.54, 1.807) is 71.0 Å². The lowest BCUT2D eigenvalue weighted by Gasteiger charge is -2.25. The van der Waals surface area contributed by atoms with Gasteiger partial charge in [-0.05, 0) is 70.4 Å². The molecule has 1 N–H and O–H groups in total. The van der Waals surface area contributed by atoms with Gasteiger partial charge in [-0.15, -0.1) is 5.06 Å². The van der Waals surface area contributed by atoms with Gasteiger partial charge in [-0.1, -0.05) is 37.3 Å². The van der Waals surface area contributed by atoms with Gasteiger partial charge in [0.1, 0.15) is 5.60 Å². The molecule has 0 aliphatic heterocycles. The summed E-state index contributed by atoms with van der Waals surface area (Å²) in [6, 6.07) is 12.9. The third-order valence-electron chi connectivity index (χ3n) is 5.20. The number of carbonyl (C=O) groups is 3. The summed E-state index contributed by atoms with van der Waals surface area (Å²) in [5.74, 6) is -1.96. The van der Waals surface area contributed by atoms with E-state index in [9.17, 15) is 22.8 Å². The Kier molecular flexibility index (Phi) is 10.4. The summed E-state index contributed by atoms with van der Waals surface area (Å²) in [6.07, 6.45) is 0.535.